The van der Waals surface area contributed by atoms with E-state index in [4.69, 9.17) is 5.73 Å². The predicted molar refractivity (Wildman–Crippen MR) is 72.6 cm³/mol. The lowest BCUT2D eigenvalue weighted by molar-refractivity contribution is 0.280. The van der Waals surface area contributed by atoms with Crippen molar-refractivity contribution < 1.29 is 5.11 Å². The number of nitrogens with one attached hydrogen (secondary N) is 1. The molecule has 0 amide bonds. The number of hydrogen-bond acceptors (Lipinski definition) is 4. The molecule has 2 aromatic rings. The Balaban J connectivity index is 1.80. The Kier molecular flexibility index (Phi) is 2.80. The molecule has 4 heteroatoms. The Bertz CT molecular complexity index is 564. The van der Waals surface area contributed by atoms with Crippen molar-refractivity contribution in [3.05, 3.63) is 30.5 Å². The topological polar surface area (TPSA) is 71.2 Å². The molecule has 0 spiro atoms. The van der Waals surface area contributed by atoms with Crippen LogP contribution in [0, 0.1) is 5.92 Å². The number of anilines is 1. The van der Waals surface area contributed by atoms with Gasteiger partial charge in [-0.3, -0.25) is 0 Å². The lowest BCUT2D eigenvalue weighted by Crippen LogP contribution is -2.39. The van der Waals surface area contributed by atoms with E-state index in [0.717, 1.165) is 36.0 Å². The van der Waals surface area contributed by atoms with Crippen LogP contribution < -0.4 is 11.1 Å². The summed E-state index contributed by atoms with van der Waals surface area (Å²) in [5.41, 5.74) is 5.77. The van der Waals surface area contributed by atoms with Crippen molar-refractivity contribution in [1.82, 2.24) is 4.98 Å². The van der Waals surface area contributed by atoms with Crippen LogP contribution in [0.4, 0.5) is 5.82 Å². The Hall–Kier alpha value is -1.81. The first-order chi connectivity index (χ1) is 8.72. The third-order valence-corrected chi connectivity index (χ3v) is 3.58. The summed E-state index contributed by atoms with van der Waals surface area (Å²) in [7, 11) is 0. The molecule has 18 heavy (non-hydrogen) atoms. The molecule has 1 saturated carbocycles. The van der Waals surface area contributed by atoms with Crippen molar-refractivity contribution in [3.63, 3.8) is 0 Å². The number of fused-ring (bicyclic) bond motifs is 1. The van der Waals surface area contributed by atoms with E-state index in [1.54, 1.807) is 18.3 Å². The quantitative estimate of drug-likeness (QED) is 0.772. The van der Waals surface area contributed by atoms with Gasteiger partial charge in [-0.15, -0.1) is 0 Å². The zero-order valence-corrected chi connectivity index (χ0v) is 10.1. The van der Waals surface area contributed by atoms with Crippen LogP contribution in [-0.4, -0.2) is 22.7 Å². The molecule has 1 aromatic carbocycles. The van der Waals surface area contributed by atoms with Gasteiger partial charge in [-0.1, -0.05) is 6.07 Å². The molecule has 0 radical (unpaired) electrons. The maximum atomic E-state index is 9.55. The van der Waals surface area contributed by atoms with Crippen LogP contribution in [0.2, 0.25) is 0 Å². The number of nitrogens with zero attached hydrogens (tertiary/aromatic N) is 1. The van der Waals surface area contributed by atoms with Crippen molar-refractivity contribution in [3.8, 4) is 5.75 Å². The van der Waals surface area contributed by atoms with Crippen molar-refractivity contribution in [2.75, 3.05) is 11.9 Å². The van der Waals surface area contributed by atoms with Gasteiger partial charge in [0.15, 0.2) is 0 Å². The molecule has 1 fully saturated rings. The van der Waals surface area contributed by atoms with Gasteiger partial charge in [0, 0.05) is 24.2 Å². The monoisotopic (exact) mass is 243 g/mol. The lowest BCUT2D eigenvalue weighted by atomic mass is 9.81. The van der Waals surface area contributed by atoms with E-state index in [1.165, 1.54) is 0 Å². The summed E-state index contributed by atoms with van der Waals surface area (Å²) in [5, 5.41) is 15.0. The van der Waals surface area contributed by atoms with Gasteiger partial charge < -0.3 is 16.2 Å². The third-order valence-electron chi connectivity index (χ3n) is 3.58. The fourth-order valence-electron chi connectivity index (χ4n) is 2.49. The fourth-order valence-corrected chi connectivity index (χ4v) is 2.49. The molecule has 0 bridgehead atoms. The number of rotatable bonds is 3. The van der Waals surface area contributed by atoms with Gasteiger partial charge >= 0.3 is 0 Å². The standard InChI is InChI=1S/C14H17N3O/c15-11-5-9(6-11)8-17-14-13-7-12(18)2-1-10(13)3-4-16-14/h1-4,7,9,11,18H,5-6,8,15H2,(H,16,17). The molecule has 4 N–H and O–H groups in total. The van der Waals surface area contributed by atoms with Gasteiger partial charge in [0.2, 0.25) is 0 Å². The first kappa shape index (κ1) is 11.3. The van der Waals surface area contributed by atoms with E-state index in [9.17, 15) is 5.11 Å². The predicted octanol–water partition coefficient (Wildman–Crippen LogP) is 2.09. The van der Waals surface area contributed by atoms with Gasteiger partial charge in [-0.2, -0.15) is 0 Å². The van der Waals surface area contributed by atoms with E-state index in [1.807, 2.05) is 12.1 Å². The number of aromatic hydroxyl groups is 1. The Morgan fingerprint density at radius 3 is 2.94 bits per heavy atom. The van der Waals surface area contributed by atoms with Crippen LogP contribution in [0.15, 0.2) is 30.5 Å². The Labute approximate surface area is 106 Å². The number of phenolic OH excluding ortho intramolecular Hbond substituents is 1. The van der Waals surface area contributed by atoms with E-state index in [0.29, 0.717) is 12.0 Å². The minimum absolute atomic E-state index is 0.268. The van der Waals surface area contributed by atoms with Crippen LogP contribution in [0.25, 0.3) is 10.8 Å². The highest BCUT2D eigenvalue weighted by atomic mass is 16.3. The Morgan fingerprint density at radius 1 is 1.33 bits per heavy atom. The van der Waals surface area contributed by atoms with Crippen LogP contribution in [0.5, 0.6) is 5.75 Å². The molecule has 94 valence electrons. The maximum absolute atomic E-state index is 9.55. The average molecular weight is 243 g/mol. The third kappa shape index (κ3) is 2.11. The van der Waals surface area contributed by atoms with Crippen molar-refractivity contribution >= 4 is 16.6 Å². The molecule has 3 rings (SSSR count). The number of benzene rings is 1. The Morgan fingerprint density at radius 2 is 2.17 bits per heavy atom. The van der Waals surface area contributed by atoms with E-state index < -0.39 is 0 Å². The van der Waals surface area contributed by atoms with Crippen molar-refractivity contribution in [2.24, 2.45) is 11.7 Å². The first-order valence-corrected chi connectivity index (χ1v) is 6.29. The molecule has 0 aliphatic heterocycles. The number of aromatic nitrogens is 1. The first-order valence-electron chi connectivity index (χ1n) is 6.29. The largest absolute Gasteiger partial charge is 0.508 e. The minimum atomic E-state index is 0.268. The summed E-state index contributed by atoms with van der Waals surface area (Å²) in [5.74, 6) is 1.75. The minimum Gasteiger partial charge on any atom is -0.508 e. The zero-order valence-electron chi connectivity index (χ0n) is 10.1. The molecule has 0 unspecified atom stereocenters. The fraction of sp³-hybridized carbons (Fsp3) is 0.357. The summed E-state index contributed by atoms with van der Waals surface area (Å²) in [4.78, 5) is 4.34. The molecule has 4 nitrogen and oxygen atoms in total. The normalized spacial score (nSPS) is 22.7. The molecule has 0 saturated heterocycles. The molecule has 1 aliphatic rings. The summed E-state index contributed by atoms with van der Waals surface area (Å²) >= 11 is 0. The van der Waals surface area contributed by atoms with Crippen molar-refractivity contribution in [2.45, 2.75) is 18.9 Å². The SMILES string of the molecule is NC1CC(CNc2nccc3ccc(O)cc23)C1. The van der Waals surface area contributed by atoms with Gasteiger partial charge in [-0.05, 0) is 42.3 Å². The van der Waals surface area contributed by atoms with Gasteiger partial charge in [0.25, 0.3) is 0 Å². The molecule has 1 aromatic heterocycles. The highest BCUT2D eigenvalue weighted by Gasteiger charge is 2.25. The highest BCUT2D eigenvalue weighted by molar-refractivity contribution is 5.92. The number of nitrogens with two attached hydrogens (primary N) is 1. The maximum Gasteiger partial charge on any atom is 0.133 e. The summed E-state index contributed by atoms with van der Waals surface area (Å²) in [6.07, 6.45) is 3.96. The van der Waals surface area contributed by atoms with Gasteiger partial charge in [0.1, 0.15) is 11.6 Å². The van der Waals surface area contributed by atoms with Crippen molar-refractivity contribution in [1.29, 1.82) is 0 Å². The van der Waals surface area contributed by atoms with Gasteiger partial charge in [0.05, 0.1) is 0 Å². The van der Waals surface area contributed by atoms with Gasteiger partial charge in [-0.25, -0.2) is 4.98 Å². The second kappa shape index (κ2) is 4.46. The average Bonchev–Trinajstić information content (AvgIpc) is 2.33. The second-order valence-electron chi connectivity index (χ2n) is 5.04. The number of hydrogen-bond donors (Lipinski definition) is 3. The molecule has 1 aliphatic carbocycles. The number of pyridine rings is 1. The molecular formula is C14H17N3O. The molecular weight excluding hydrogens is 226 g/mol. The van der Waals surface area contributed by atoms with E-state index >= 15 is 0 Å². The lowest BCUT2D eigenvalue weighted by Gasteiger charge is -2.32. The van der Waals surface area contributed by atoms with Crippen LogP contribution in [-0.2, 0) is 0 Å². The highest BCUT2D eigenvalue weighted by Crippen LogP contribution is 2.28. The second-order valence-corrected chi connectivity index (χ2v) is 5.04. The molecule has 1 heterocycles. The van der Waals surface area contributed by atoms with Crippen LogP contribution >= 0.6 is 0 Å². The number of phenols is 1. The smallest absolute Gasteiger partial charge is 0.133 e. The summed E-state index contributed by atoms with van der Waals surface area (Å²) < 4.78 is 0. The van der Waals surface area contributed by atoms with Crippen LogP contribution in [0.1, 0.15) is 12.8 Å². The van der Waals surface area contributed by atoms with E-state index in [2.05, 4.69) is 10.3 Å². The summed E-state index contributed by atoms with van der Waals surface area (Å²) in [6.45, 7) is 0.898. The van der Waals surface area contributed by atoms with E-state index in [-0.39, 0.29) is 5.75 Å². The zero-order chi connectivity index (χ0) is 12.5. The molecule has 0 atom stereocenters. The summed E-state index contributed by atoms with van der Waals surface area (Å²) in [6, 6.07) is 7.66. The van der Waals surface area contributed by atoms with Crippen LogP contribution in [0.3, 0.4) is 0 Å².